The molecule has 1 fully saturated rings. The lowest BCUT2D eigenvalue weighted by Crippen LogP contribution is -2.25. The van der Waals surface area contributed by atoms with Crippen molar-refractivity contribution in [3.8, 4) is 11.5 Å². The van der Waals surface area contributed by atoms with Crippen molar-refractivity contribution in [2.45, 2.75) is 46.3 Å². The predicted molar refractivity (Wildman–Crippen MR) is 98.5 cm³/mol. The third kappa shape index (κ3) is 4.13. The molecule has 3 rings (SSSR count). The Morgan fingerprint density at radius 3 is 2.56 bits per heavy atom. The molecule has 4 heteroatoms. The first-order valence-corrected chi connectivity index (χ1v) is 8.66. The van der Waals surface area contributed by atoms with E-state index in [1.165, 1.54) is 11.1 Å². The zero-order valence-electron chi connectivity index (χ0n) is 15.3. The molecule has 1 amide bonds. The van der Waals surface area contributed by atoms with E-state index in [9.17, 15) is 4.79 Å². The van der Waals surface area contributed by atoms with Crippen molar-refractivity contribution in [3.63, 3.8) is 0 Å². The summed E-state index contributed by atoms with van der Waals surface area (Å²) in [6.07, 6.45) is 2.15. The summed E-state index contributed by atoms with van der Waals surface area (Å²) in [6.45, 7) is 6.56. The molecule has 1 saturated carbocycles. The molecular weight excluding hydrogens is 314 g/mol. The fraction of sp³-hybridized carbons (Fsp3) is 0.381. The van der Waals surface area contributed by atoms with Gasteiger partial charge in [0.15, 0.2) is 0 Å². The lowest BCUT2D eigenvalue weighted by molar-refractivity contribution is 0.0951. The van der Waals surface area contributed by atoms with Gasteiger partial charge in [0.05, 0.1) is 7.11 Å². The molecule has 0 heterocycles. The van der Waals surface area contributed by atoms with Crippen LogP contribution in [0.15, 0.2) is 30.3 Å². The fourth-order valence-electron chi connectivity index (χ4n) is 2.84. The summed E-state index contributed by atoms with van der Waals surface area (Å²) in [6, 6.07) is 10.0. The van der Waals surface area contributed by atoms with Crippen molar-refractivity contribution in [1.82, 2.24) is 5.32 Å². The summed E-state index contributed by atoms with van der Waals surface area (Å²) < 4.78 is 11.5. The van der Waals surface area contributed by atoms with Crippen molar-refractivity contribution in [3.05, 3.63) is 58.1 Å². The van der Waals surface area contributed by atoms with Gasteiger partial charge < -0.3 is 14.8 Å². The molecule has 132 valence electrons. The van der Waals surface area contributed by atoms with Crippen LogP contribution in [-0.4, -0.2) is 19.1 Å². The number of hydrogen-bond acceptors (Lipinski definition) is 3. The summed E-state index contributed by atoms with van der Waals surface area (Å²) in [4.78, 5) is 12.3. The van der Waals surface area contributed by atoms with E-state index in [0.29, 0.717) is 18.2 Å². The van der Waals surface area contributed by atoms with Crippen molar-refractivity contribution >= 4 is 5.91 Å². The first kappa shape index (κ1) is 17.3. The summed E-state index contributed by atoms with van der Waals surface area (Å²) in [5.74, 6) is 1.56. The molecule has 0 saturated heterocycles. The smallest absolute Gasteiger partial charge is 0.251 e. The highest BCUT2D eigenvalue weighted by atomic mass is 16.5. The van der Waals surface area contributed by atoms with Crippen LogP contribution in [0, 0.1) is 20.8 Å². The third-order valence-corrected chi connectivity index (χ3v) is 4.60. The molecule has 0 atom stereocenters. The van der Waals surface area contributed by atoms with Crippen LogP contribution in [0.2, 0.25) is 0 Å². The summed E-state index contributed by atoms with van der Waals surface area (Å²) in [5, 5.41) is 3.01. The van der Waals surface area contributed by atoms with Gasteiger partial charge >= 0.3 is 0 Å². The van der Waals surface area contributed by atoms with Crippen LogP contribution < -0.4 is 14.8 Å². The molecule has 2 aromatic rings. The molecule has 4 nitrogen and oxygen atoms in total. The third-order valence-electron chi connectivity index (χ3n) is 4.60. The van der Waals surface area contributed by atoms with Gasteiger partial charge in [-0.25, -0.2) is 0 Å². The number of aryl methyl sites for hydroxylation is 2. The molecule has 0 aliphatic heterocycles. The van der Waals surface area contributed by atoms with Gasteiger partial charge in [0.25, 0.3) is 5.91 Å². The average Bonchev–Trinajstić information content (AvgIpc) is 3.40. The molecule has 0 spiro atoms. The highest BCUT2D eigenvalue weighted by molar-refractivity contribution is 5.95. The topological polar surface area (TPSA) is 47.6 Å². The standard InChI is InChI=1S/C21H25NO3/c1-13-9-14(2)15(3)20(10-13)25-12-17-11-16(5-8-19(17)24-4)21(23)22-18-6-7-18/h5,8-11,18H,6-7,12H2,1-4H3,(H,22,23). The molecule has 0 aromatic heterocycles. The van der Waals surface area contributed by atoms with Gasteiger partial charge in [-0.15, -0.1) is 0 Å². The minimum atomic E-state index is -0.0333. The zero-order chi connectivity index (χ0) is 18.0. The molecule has 0 bridgehead atoms. The van der Waals surface area contributed by atoms with Crippen LogP contribution >= 0.6 is 0 Å². The van der Waals surface area contributed by atoms with Gasteiger partial charge in [0.1, 0.15) is 18.1 Å². The first-order valence-electron chi connectivity index (χ1n) is 8.66. The quantitative estimate of drug-likeness (QED) is 0.862. The Bertz CT molecular complexity index is 794. The number of nitrogens with one attached hydrogen (secondary N) is 1. The average molecular weight is 339 g/mol. The molecular formula is C21H25NO3. The van der Waals surface area contributed by atoms with E-state index < -0.39 is 0 Å². The van der Waals surface area contributed by atoms with E-state index >= 15 is 0 Å². The zero-order valence-corrected chi connectivity index (χ0v) is 15.3. The minimum Gasteiger partial charge on any atom is -0.496 e. The minimum absolute atomic E-state index is 0.0333. The Labute approximate surface area is 149 Å². The predicted octanol–water partition coefficient (Wildman–Crippen LogP) is 4.09. The Morgan fingerprint density at radius 2 is 1.88 bits per heavy atom. The maximum atomic E-state index is 12.3. The maximum Gasteiger partial charge on any atom is 0.251 e. The number of benzene rings is 2. The van der Waals surface area contributed by atoms with E-state index in [4.69, 9.17) is 9.47 Å². The molecule has 2 aromatic carbocycles. The van der Waals surface area contributed by atoms with Crippen LogP contribution in [0.3, 0.4) is 0 Å². The largest absolute Gasteiger partial charge is 0.496 e. The number of methoxy groups -OCH3 is 1. The van der Waals surface area contributed by atoms with Crippen molar-refractivity contribution in [1.29, 1.82) is 0 Å². The van der Waals surface area contributed by atoms with Crippen molar-refractivity contribution < 1.29 is 14.3 Å². The van der Waals surface area contributed by atoms with E-state index in [2.05, 4.69) is 32.2 Å². The van der Waals surface area contributed by atoms with E-state index in [1.807, 2.05) is 18.2 Å². The summed E-state index contributed by atoms with van der Waals surface area (Å²) in [7, 11) is 1.63. The monoisotopic (exact) mass is 339 g/mol. The van der Waals surface area contributed by atoms with E-state index in [1.54, 1.807) is 13.2 Å². The Balaban J connectivity index is 1.79. The van der Waals surface area contributed by atoms with Gasteiger partial charge in [0.2, 0.25) is 0 Å². The SMILES string of the molecule is COc1ccc(C(=O)NC2CC2)cc1COc1cc(C)cc(C)c1C. The molecule has 1 aliphatic rings. The fourth-order valence-corrected chi connectivity index (χ4v) is 2.84. The van der Waals surface area contributed by atoms with E-state index in [-0.39, 0.29) is 5.91 Å². The number of carbonyl (C=O) groups is 1. The van der Waals surface area contributed by atoms with Crippen molar-refractivity contribution in [2.24, 2.45) is 0 Å². The van der Waals surface area contributed by atoms with Gasteiger partial charge in [-0.1, -0.05) is 6.07 Å². The highest BCUT2D eigenvalue weighted by Gasteiger charge is 2.24. The first-order chi connectivity index (χ1) is 12.0. The van der Waals surface area contributed by atoms with Crippen LogP contribution in [0.25, 0.3) is 0 Å². The lowest BCUT2D eigenvalue weighted by Gasteiger charge is -2.15. The highest BCUT2D eigenvalue weighted by Crippen LogP contribution is 2.27. The number of hydrogen-bond donors (Lipinski definition) is 1. The van der Waals surface area contributed by atoms with E-state index in [0.717, 1.165) is 35.5 Å². The lowest BCUT2D eigenvalue weighted by atomic mass is 10.1. The van der Waals surface area contributed by atoms with Gasteiger partial charge in [-0.2, -0.15) is 0 Å². The molecule has 1 N–H and O–H groups in total. The number of carbonyl (C=O) groups excluding carboxylic acids is 1. The summed E-state index contributed by atoms with van der Waals surface area (Å²) >= 11 is 0. The van der Waals surface area contributed by atoms with Crippen LogP contribution in [0.5, 0.6) is 11.5 Å². The number of ether oxygens (including phenoxy) is 2. The maximum absolute atomic E-state index is 12.3. The van der Waals surface area contributed by atoms with Crippen LogP contribution in [0.4, 0.5) is 0 Å². The molecule has 25 heavy (non-hydrogen) atoms. The van der Waals surface area contributed by atoms with Crippen LogP contribution in [-0.2, 0) is 6.61 Å². The van der Waals surface area contributed by atoms with Gasteiger partial charge in [-0.3, -0.25) is 4.79 Å². The Hall–Kier alpha value is -2.49. The molecule has 0 radical (unpaired) electrons. The number of amides is 1. The Kier molecular flexibility index (Phi) is 4.98. The normalized spacial score (nSPS) is 13.4. The molecule has 1 aliphatic carbocycles. The summed E-state index contributed by atoms with van der Waals surface area (Å²) in [5.41, 5.74) is 5.02. The second-order valence-corrected chi connectivity index (χ2v) is 6.77. The second kappa shape index (κ2) is 7.18. The van der Waals surface area contributed by atoms with Crippen LogP contribution in [0.1, 0.15) is 45.5 Å². The Morgan fingerprint density at radius 1 is 1.12 bits per heavy atom. The van der Waals surface area contributed by atoms with Gasteiger partial charge in [0, 0.05) is 17.2 Å². The van der Waals surface area contributed by atoms with Crippen molar-refractivity contribution in [2.75, 3.05) is 7.11 Å². The second-order valence-electron chi connectivity index (χ2n) is 6.77. The van der Waals surface area contributed by atoms with Gasteiger partial charge in [-0.05, 0) is 74.6 Å². The number of rotatable bonds is 6. The molecule has 0 unspecified atom stereocenters.